The van der Waals surface area contributed by atoms with Crippen LogP contribution in [0.3, 0.4) is 0 Å². The molecule has 1 aromatic rings. The molecule has 1 aromatic carbocycles. The zero-order valence-electron chi connectivity index (χ0n) is 7.21. The number of rotatable bonds is 0. The third-order valence-electron chi connectivity index (χ3n) is 2.14. The number of Topliss-reactive ketones (excluding diaryl/α,β-unsaturated/α-hetero) is 1. The van der Waals surface area contributed by atoms with Crippen molar-refractivity contribution in [3.63, 3.8) is 0 Å². The van der Waals surface area contributed by atoms with E-state index >= 15 is 0 Å². The van der Waals surface area contributed by atoms with Gasteiger partial charge in [-0.05, 0) is 18.2 Å². The highest BCUT2D eigenvalue weighted by atomic mass is 79.9. The van der Waals surface area contributed by atoms with Crippen LogP contribution in [0.5, 0.6) is 0 Å². The summed E-state index contributed by atoms with van der Waals surface area (Å²) in [5, 5.41) is 0. The van der Waals surface area contributed by atoms with Crippen LogP contribution >= 0.6 is 27.7 Å². The van der Waals surface area contributed by atoms with E-state index in [-0.39, 0.29) is 11.7 Å². The molecule has 0 spiro atoms. The summed E-state index contributed by atoms with van der Waals surface area (Å²) in [6.07, 6.45) is 0. The van der Waals surface area contributed by atoms with E-state index in [1.165, 1.54) is 0 Å². The van der Waals surface area contributed by atoms with Crippen molar-refractivity contribution in [1.29, 1.82) is 0 Å². The fourth-order valence-corrected chi connectivity index (χ4v) is 2.80. The van der Waals surface area contributed by atoms with Gasteiger partial charge >= 0.3 is 0 Å². The minimum atomic E-state index is 0.159. The second kappa shape index (κ2) is 3.46. The Bertz CT molecular complexity index is 362. The summed E-state index contributed by atoms with van der Waals surface area (Å²) in [4.78, 5) is 12.9. The maximum atomic E-state index is 11.7. The van der Waals surface area contributed by atoms with Crippen LogP contribution < -0.4 is 0 Å². The summed E-state index contributed by atoms with van der Waals surface area (Å²) >= 11 is 5.14. The van der Waals surface area contributed by atoms with Gasteiger partial charge in [0.1, 0.15) is 0 Å². The molecule has 1 aliphatic heterocycles. The van der Waals surface area contributed by atoms with Crippen LogP contribution in [0, 0.1) is 5.92 Å². The third-order valence-corrected chi connectivity index (χ3v) is 3.97. The second-order valence-corrected chi connectivity index (χ2v) is 5.19. The fraction of sp³-hybridized carbons (Fsp3) is 0.300. The lowest BCUT2D eigenvalue weighted by Gasteiger charge is -2.19. The Morgan fingerprint density at radius 3 is 3.08 bits per heavy atom. The van der Waals surface area contributed by atoms with Crippen molar-refractivity contribution >= 4 is 33.5 Å². The number of carbonyl (C=O) groups is 1. The number of carbonyl (C=O) groups excluding carboxylic acids is 1. The van der Waals surface area contributed by atoms with E-state index in [9.17, 15) is 4.79 Å². The first-order chi connectivity index (χ1) is 6.18. The van der Waals surface area contributed by atoms with Gasteiger partial charge in [0.2, 0.25) is 0 Å². The molecule has 0 amide bonds. The summed E-state index contributed by atoms with van der Waals surface area (Å²) in [5.41, 5.74) is 0.873. The average Bonchev–Trinajstić information content (AvgIpc) is 2.12. The SMILES string of the molecule is CC1CSc2ccc(Br)cc2C1=O. The third kappa shape index (κ3) is 1.67. The molecule has 0 radical (unpaired) electrons. The van der Waals surface area contributed by atoms with Crippen LogP contribution in [0.2, 0.25) is 0 Å². The molecular weight excluding hydrogens is 248 g/mol. The molecular formula is C10H9BrOS. The number of hydrogen-bond donors (Lipinski definition) is 0. The van der Waals surface area contributed by atoms with E-state index in [0.717, 1.165) is 20.7 Å². The summed E-state index contributed by atoms with van der Waals surface area (Å²) in [5.74, 6) is 1.34. The first-order valence-electron chi connectivity index (χ1n) is 4.15. The zero-order valence-corrected chi connectivity index (χ0v) is 9.61. The van der Waals surface area contributed by atoms with Crippen molar-refractivity contribution in [2.24, 2.45) is 5.92 Å². The predicted molar refractivity (Wildman–Crippen MR) is 58.4 cm³/mol. The summed E-state index contributed by atoms with van der Waals surface area (Å²) in [7, 11) is 0. The van der Waals surface area contributed by atoms with Gasteiger partial charge in [-0.1, -0.05) is 22.9 Å². The highest BCUT2D eigenvalue weighted by molar-refractivity contribution is 9.10. The van der Waals surface area contributed by atoms with Crippen molar-refractivity contribution in [3.05, 3.63) is 28.2 Å². The zero-order chi connectivity index (χ0) is 9.42. The van der Waals surface area contributed by atoms with Crippen molar-refractivity contribution in [2.45, 2.75) is 11.8 Å². The van der Waals surface area contributed by atoms with Gasteiger partial charge in [0.15, 0.2) is 5.78 Å². The molecule has 1 aliphatic rings. The van der Waals surface area contributed by atoms with Crippen LogP contribution in [0.4, 0.5) is 0 Å². The van der Waals surface area contributed by atoms with E-state index in [0.29, 0.717) is 0 Å². The molecule has 3 heteroatoms. The van der Waals surface area contributed by atoms with Gasteiger partial charge in [-0.25, -0.2) is 0 Å². The standard InChI is InChI=1S/C10H9BrOS/c1-6-5-13-9-3-2-7(11)4-8(9)10(6)12/h2-4,6H,5H2,1H3. The van der Waals surface area contributed by atoms with E-state index in [1.54, 1.807) is 11.8 Å². The predicted octanol–water partition coefficient (Wildman–Crippen LogP) is 3.37. The number of halogens is 1. The van der Waals surface area contributed by atoms with Crippen LogP contribution in [0.1, 0.15) is 17.3 Å². The highest BCUT2D eigenvalue weighted by Crippen LogP contribution is 2.34. The number of benzene rings is 1. The quantitative estimate of drug-likeness (QED) is 0.708. The highest BCUT2D eigenvalue weighted by Gasteiger charge is 2.24. The number of ketones is 1. The van der Waals surface area contributed by atoms with E-state index in [1.807, 2.05) is 25.1 Å². The van der Waals surface area contributed by atoms with Crippen molar-refractivity contribution in [2.75, 3.05) is 5.75 Å². The van der Waals surface area contributed by atoms with Crippen molar-refractivity contribution in [1.82, 2.24) is 0 Å². The smallest absolute Gasteiger partial charge is 0.167 e. The van der Waals surface area contributed by atoms with E-state index in [4.69, 9.17) is 0 Å². The molecule has 1 unspecified atom stereocenters. The summed E-state index contributed by atoms with van der Waals surface area (Å²) in [6.45, 7) is 1.99. The Morgan fingerprint density at radius 2 is 2.31 bits per heavy atom. The lowest BCUT2D eigenvalue weighted by atomic mass is 10.0. The summed E-state index contributed by atoms with van der Waals surface area (Å²) < 4.78 is 0.981. The molecule has 0 fully saturated rings. The minimum absolute atomic E-state index is 0.159. The normalized spacial score (nSPS) is 21.4. The van der Waals surface area contributed by atoms with E-state index in [2.05, 4.69) is 15.9 Å². The molecule has 0 aliphatic carbocycles. The fourth-order valence-electron chi connectivity index (χ4n) is 1.38. The molecule has 0 N–H and O–H groups in total. The Hall–Kier alpha value is -0.280. The molecule has 1 nitrogen and oxygen atoms in total. The lowest BCUT2D eigenvalue weighted by molar-refractivity contribution is 0.0936. The second-order valence-electron chi connectivity index (χ2n) is 3.22. The molecule has 0 saturated heterocycles. The maximum Gasteiger partial charge on any atom is 0.167 e. The Balaban J connectivity index is 2.51. The van der Waals surface area contributed by atoms with Crippen molar-refractivity contribution < 1.29 is 4.79 Å². The molecule has 0 bridgehead atoms. The Morgan fingerprint density at radius 1 is 1.54 bits per heavy atom. The Labute approximate surface area is 90.0 Å². The molecule has 0 aromatic heterocycles. The van der Waals surface area contributed by atoms with Gasteiger partial charge in [0.25, 0.3) is 0 Å². The molecule has 2 rings (SSSR count). The monoisotopic (exact) mass is 256 g/mol. The van der Waals surface area contributed by atoms with E-state index < -0.39 is 0 Å². The van der Waals surface area contributed by atoms with Crippen LogP contribution in [-0.4, -0.2) is 11.5 Å². The van der Waals surface area contributed by atoms with Gasteiger partial charge in [-0.2, -0.15) is 0 Å². The van der Waals surface area contributed by atoms with Crippen LogP contribution in [0.25, 0.3) is 0 Å². The van der Waals surface area contributed by atoms with Gasteiger partial charge in [0.05, 0.1) is 0 Å². The topological polar surface area (TPSA) is 17.1 Å². The number of hydrogen-bond acceptors (Lipinski definition) is 2. The molecule has 13 heavy (non-hydrogen) atoms. The van der Waals surface area contributed by atoms with Gasteiger partial charge in [0, 0.05) is 26.6 Å². The molecule has 1 atom stereocenters. The average molecular weight is 257 g/mol. The maximum absolute atomic E-state index is 11.7. The van der Waals surface area contributed by atoms with Gasteiger partial charge in [-0.15, -0.1) is 11.8 Å². The largest absolute Gasteiger partial charge is 0.294 e. The number of fused-ring (bicyclic) bond motifs is 1. The van der Waals surface area contributed by atoms with Crippen LogP contribution in [0.15, 0.2) is 27.6 Å². The summed E-state index contributed by atoms with van der Waals surface area (Å²) in [6, 6.07) is 5.91. The first kappa shape index (κ1) is 9.28. The Kier molecular flexibility index (Phi) is 2.47. The van der Waals surface area contributed by atoms with Crippen molar-refractivity contribution in [3.8, 4) is 0 Å². The first-order valence-corrected chi connectivity index (χ1v) is 5.93. The van der Waals surface area contributed by atoms with Crippen LogP contribution in [-0.2, 0) is 0 Å². The molecule has 68 valence electrons. The minimum Gasteiger partial charge on any atom is -0.294 e. The molecule has 1 heterocycles. The molecule has 0 saturated carbocycles. The lowest BCUT2D eigenvalue weighted by Crippen LogP contribution is -2.18. The van der Waals surface area contributed by atoms with Gasteiger partial charge in [-0.3, -0.25) is 4.79 Å². The number of thioether (sulfide) groups is 1. The van der Waals surface area contributed by atoms with Gasteiger partial charge < -0.3 is 0 Å².